The number of pyridine rings is 1. The van der Waals surface area contributed by atoms with Gasteiger partial charge in [0.15, 0.2) is 18.1 Å². The average molecular weight is 537 g/mol. The Bertz CT molecular complexity index is 1180. The largest absolute Gasteiger partial charge is 0.864 e. The lowest BCUT2D eigenvalue weighted by Crippen LogP contribution is -2.39. The number of unbranched alkanes of at least 4 members (excludes halogenated alkanes) is 9. The van der Waals surface area contributed by atoms with Gasteiger partial charge in [0.25, 0.3) is 5.69 Å². The lowest BCUT2D eigenvalue weighted by atomic mass is 10.0. The molecule has 0 aliphatic carbocycles. The molecule has 0 saturated carbocycles. The number of benzene rings is 3. The van der Waals surface area contributed by atoms with Crippen molar-refractivity contribution >= 4 is 7.32 Å². The molecule has 1 aromatic heterocycles. The van der Waals surface area contributed by atoms with Crippen molar-refractivity contribution in [2.24, 2.45) is 0 Å². The van der Waals surface area contributed by atoms with E-state index in [0.29, 0.717) is 11.5 Å². The van der Waals surface area contributed by atoms with Crippen LogP contribution in [0.25, 0.3) is 5.69 Å². The second-order valence-corrected chi connectivity index (χ2v) is 10.2. The topological polar surface area (TPSA) is 31.6 Å². The van der Waals surface area contributed by atoms with Crippen LogP contribution in [0.15, 0.2) is 109 Å². The van der Waals surface area contributed by atoms with E-state index in [2.05, 4.69) is 36.0 Å². The van der Waals surface area contributed by atoms with Crippen LogP contribution in [0.4, 0.5) is 0 Å². The molecule has 0 aliphatic rings. The van der Waals surface area contributed by atoms with E-state index >= 15 is 0 Å². The average Bonchev–Trinajstić information content (AvgIpc) is 3.00. The summed E-state index contributed by atoms with van der Waals surface area (Å²) in [5, 5.41) is 0. The number of rotatable bonds is 18. The second-order valence-electron chi connectivity index (χ2n) is 10.2. The summed E-state index contributed by atoms with van der Waals surface area (Å²) in [6, 6.07) is 31.7. The Hall–Kier alpha value is -3.73. The number of hydrogen-bond acceptors (Lipinski definition) is 3. The lowest BCUT2D eigenvalue weighted by molar-refractivity contribution is -0.596. The molecule has 0 bridgehead atoms. The first kappa shape index (κ1) is 29.3. The molecule has 0 fully saturated rings. The molecule has 0 aliphatic heterocycles. The summed E-state index contributed by atoms with van der Waals surface area (Å²) in [6.45, 7) is 2.28. The van der Waals surface area contributed by atoms with Crippen molar-refractivity contribution in [3.8, 4) is 22.9 Å². The highest BCUT2D eigenvalue weighted by Crippen LogP contribution is 2.26. The van der Waals surface area contributed by atoms with E-state index in [-0.39, 0.29) is 0 Å². The maximum absolute atomic E-state index is 6.48. The summed E-state index contributed by atoms with van der Waals surface area (Å²) in [5.74, 6) is 2.08. The molecular weight excluding hydrogens is 493 g/mol. The molecule has 0 saturated heterocycles. The van der Waals surface area contributed by atoms with Gasteiger partial charge in [-0.2, -0.15) is 4.57 Å². The monoisotopic (exact) mass is 536 g/mol. The Morgan fingerprint density at radius 2 is 1.05 bits per heavy atom. The first-order valence-electron chi connectivity index (χ1n) is 15.0. The maximum atomic E-state index is 6.48. The molecule has 3 aromatic carbocycles. The lowest BCUT2D eigenvalue weighted by Gasteiger charge is -2.18. The molecule has 0 radical (unpaired) electrons. The molecule has 4 rings (SSSR count). The Morgan fingerprint density at radius 1 is 0.525 bits per heavy atom. The smallest absolute Gasteiger partial charge is 0.490 e. The van der Waals surface area contributed by atoms with Gasteiger partial charge in [0.2, 0.25) is 0 Å². The molecule has 4 nitrogen and oxygen atoms in total. The highest BCUT2D eigenvalue weighted by Gasteiger charge is 2.33. The fourth-order valence-corrected chi connectivity index (χ4v) is 4.90. The second kappa shape index (κ2) is 17.1. The van der Waals surface area contributed by atoms with Gasteiger partial charge in [-0.15, -0.1) is 0 Å². The first-order valence-corrected chi connectivity index (χ1v) is 15.0. The molecule has 0 atom stereocenters. The normalized spacial score (nSPS) is 10.7. The van der Waals surface area contributed by atoms with Gasteiger partial charge in [0, 0.05) is 17.7 Å². The van der Waals surface area contributed by atoms with Crippen molar-refractivity contribution in [3.05, 3.63) is 115 Å². The molecule has 5 heteroatoms. The third kappa shape index (κ3) is 9.79. The fourth-order valence-electron chi connectivity index (χ4n) is 4.90. The van der Waals surface area contributed by atoms with Crippen LogP contribution < -0.4 is 18.5 Å². The van der Waals surface area contributed by atoms with Gasteiger partial charge < -0.3 is 14.0 Å². The molecule has 0 unspecified atom stereocenters. The minimum absolute atomic E-state index is 0.680. The predicted octanol–water partition coefficient (Wildman–Crippen LogP) is 8.95. The number of hydrogen-bond donors (Lipinski definition) is 0. The summed E-state index contributed by atoms with van der Waals surface area (Å²) >= 11 is 0. The highest BCUT2D eigenvalue weighted by atomic mass is 16.7. The van der Waals surface area contributed by atoms with Gasteiger partial charge in [-0.1, -0.05) is 119 Å². The molecule has 1 heterocycles. The van der Waals surface area contributed by atoms with Crippen LogP contribution >= 0.6 is 0 Å². The number of aromatic nitrogens is 1. The number of nitrogens with zero attached hydrogens (tertiary/aromatic N) is 1. The van der Waals surface area contributed by atoms with Gasteiger partial charge in [-0.3, -0.25) is 0 Å². The third-order valence-electron chi connectivity index (χ3n) is 7.03. The van der Waals surface area contributed by atoms with Gasteiger partial charge in [0.1, 0.15) is 11.5 Å². The van der Waals surface area contributed by atoms with Crippen molar-refractivity contribution in [2.75, 3.05) is 0 Å². The van der Waals surface area contributed by atoms with Crippen molar-refractivity contribution in [1.29, 1.82) is 0 Å². The third-order valence-corrected chi connectivity index (χ3v) is 7.03. The van der Waals surface area contributed by atoms with Crippen molar-refractivity contribution in [1.82, 2.24) is 0 Å². The maximum Gasteiger partial charge on any atom is 0.864 e. The quantitative estimate of drug-likeness (QED) is 0.0723. The number of para-hydroxylation sites is 3. The fraction of sp³-hybridized carbons (Fsp3) is 0.343. The van der Waals surface area contributed by atoms with Crippen LogP contribution in [-0.2, 0) is 6.42 Å². The highest BCUT2D eigenvalue weighted by molar-refractivity contribution is 6.39. The standard InChI is InChI=1S/C35H43BNO3/c1-2-3-4-5-6-7-8-9-10-14-22-31-23-21-28-34(35(31)37-29-19-13-20-30-37)40-36(38-32-24-15-11-16-25-32)39-33-26-17-12-18-27-33/h11-13,15-21,23-30H,2-10,14,22H2,1H3/q+1. The number of aryl methyl sites for hydroxylation is 1. The van der Waals surface area contributed by atoms with E-state index in [1.54, 1.807) is 0 Å². The van der Waals surface area contributed by atoms with Crippen LogP contribution in [0.3, 0.4) is 0 Å². The van der Waals surface area contributed by atoms with Crippen molar-refractivity contribution in [3.63, 3.8) is 0 Å². The predicted molar refractivity (Wildman–Crippen MR) is 164 cm³/mol. The van der Waals surface area contributed by atoms with E-state index in [0.717, 1.165) is 24.3 Å². The molecule has 0 spiro atoms. The zero-order valence-electron chi connectivity index (χ0n) is 23.9. The molecule has 208 valence electrons. The SMILES string of the molecule is CCCCCCCCCCCCc1cccc(OB(Oc2ccccc2)Oc2ccccc2)c1-[n+]1ccccc1. The van der Waals surface area contributed by atoms with Gasteiger partial charge in [0.05, 0.1) is 0 Å². The van der Waals surface area contributed by atoms with Gasteiger partial charge in [-0.25, -0.2) is 0 Å². The van der Waals surface area contributed by atoms with Crippen LogP contribution in [0.5, 0.6) is 17.2 Å². The molecule has 4 aromatic rings. The van der Waals surface area contributed by atoms with Crippen LogP contribution in [0.1, 0.15) is 76.7 Å². The Balaban J connectivity index is 1.45. The van der Waals surface area contributed by atoms with Crippen molar-refractivity contribution in [2.45, 2.75) is 77.6 Å². The summed E-state index contributed by atoms with van der Waals surface area (Å²) in [7, 11) is -0.958. The van der Waals surface area contributed by atoms with E-state index in [9.17, 15) is 0 Å². The molecule has 0 N–H and O–H groups in total. The van der Waals surface area contributed by atoms with E-state index in [4.69, 9.17) is 14.0 Å². The summed E-state index contributed by atoms with van der Waals surface area (Å²) in [5.41, 5.74) is 2.28. The van der Waals surface area contributed by atoms with Crippen LogP contribution in [0, 0.1) is 0 Å². The van der Waals surface area contributed by atoms with E-state index < -0.39 is 7.32 Å². The Morgan fingerprint density at radius 3 is 1.62 bits per heavy atom. The first-order chi connectivity index (χ1) is 19.8. The zero-order valence-corrected chi connectivity index (χ0v) is 23.9. The minimum Gasteiger partial charge on any atom is -0.490 e. The Labute approximate surface area is 241 Å². The van der Waals surface area contributed by atoms with Gasteiger partial charge >= 0.3 is 7.32 Å². The zero-order chi connectivity index (χ0) is 27.7. The van der Waals surface area contributed by atoms with Crippen molar-refractivity contribution < 1.29 is 18.5 Å². The Kier molecular flexibility index (Phi) is 12.5. The molecule has 0 amide bonds. The summed E-state index contributed by atoms with van der Waals surface area (Å²) in [6.07, 6.45) is 18.4. The van der Waals surface area contributed by atoms with Crippen LogP contribution in [0.2, 0.25) is 0 Å². The van der Waals surface area contributed by atoms with Crippen LogP contribution in [-0.4, -0.2) is 7.32 Å². The van der Waals surface area contributed by atoms with E-state index in [1.165, 1.54) is 63.4 Å². The summed E-state index contributed by atoms with van der Waals surface area (Å²) < 4.78 is 20.9. The van der Waals surface area contributed by atoms with Gasteiger partial charge in [-0.05, 0) is 43.2 Å². The minimum atomic E-state index is -0.958. The van der Waals surface area contributed by atoms with E-state index in [1.807, 2.05) is 84.9 Å². The molecular formula is C35H43BNO3+. The molecule has 40 heavy (non-hydrogen) atoms. The summed E-state index contributed by atoms with van der Waals surface area (Å²) in [4.78, 5) is 0.